The zero-order chi connectivity index (χ0) is 9.14. The van der Waals surface area contributed by atoms with Crippen molar-refractivity contribution in [3.05, 3.63) is 11.9 Å². The van der Waals surface area contributed by atoms with Gasteiger partial charge in [-0.1, -0.05) is 13.8 Å². The Hall–Kier alpha value is -1.50. The van der Waals surface area contributed by atoms with Crippen LogP contribution in [0.1, 0.15) is 19.5 Å². The number of rotatable bonds is 2. The first-order chi connectivity index (χ1) is 5.63. The summed E-state index contributed by atoms with van der Waals surface area (Å²) in [5.41, 5.74) is 6.29. The molecule has 0 atom stereocenters. The molecule has 0 fully saturated rings. The van der Waals surface area contributed by atoms with Gasteiger partial charge in [0.15, 0.2) is 5.69 Å². The molecule has 4 heteroatoms. The van der Waals surface area contributed by atoms with Gasteiger partial charge in [0.25, 0.3) is 0 Å². The minimum absolute atomic E-state index is 0.315. The molecule has 64 valence electrons. The molecule has 1 heterocycles. The van der Waals surface area contributed by atoms with E-state index in [4.69, 9.17) is 11.0 Å². The van der Waals surface area contributed by atoms with Crippen LogP contribution in [0.4, 0.5) is 5.69 Å². The summed E-state index contributed by atoms with van der Waals surface area (Å²) in [4.78, 5) is 0. The van der Waals surface area contributed by atoms with Crippen molar-refractivity contribution in [3.63, 3.8) is 0 Å². The van der Waals surface area contributed by atoms with Gasteiger partial charge in [0.05, 0.1) is 5.69 Å². The highest BCUT2D eigenvalue weighted by atomic mass is 15.3. The van der Waals surface area contributed by atoms with Crippen LogP contribution in [0, 0.1) is 17.2 Å². The summed E-state index contributed by atoms with van der Waals surface area (Å²) in [6.07, 6.45) is 1.69. The van der Waals surface area contributed by atoms with Crippen LogP contribution in [0.25, 0.3) is 0 Å². The SMILES string of the molecule is CC(C)Cn1cc(N)c(C#N)n1. The van der Waals surface area contributed by atoms with Crippen LogP contribution in [0.15, 0.2) is 6.20 Å². The number of nitrogens with zero attached hydrogens (tertiary/aromatic N) is 3. The van der Waals surface area contributed by atoms with Gasteiger partial charge in [-0.3, -0.25) is 4.68 Å². The lowest BCUT2D eigenvalue weighted by Crippen LogP contribution is -2.04. The van der Waals surface area contributed by atoms with E-state index in [1.165, 1.54) is 0 Å². The monoisotopic (exact) mass is 164 g/mol. The Morgan fingerprint density at radius 1 is 1.75 bits per heavy atom. The molecule has 12 heavy (non-hydrogen) atoms. The van der Waals surface area contributed by atoms with Crippen LogP contribution >= 0.6 is 0 Å². The highest BCUT2D eigenvalue weighted by molar-refractivity contribution is 5.47. The van der Waals surface area contributed by atoms with E-state index in [1.807, 2.05) is 6.07 Å². The maximum atomic E-state index is 8.56. The van der Waals surface area contributed by atoms with Gasteiger partial charge < -0.3 is 5.73 Å². The average Bonchev–Trinajstić information content (AvgIpc) is 2.29. The van der Waals surface area contributed by atoms with Gasteiger partial charge in [-0.15, -0.1) is 0 Å². The highest BCUT2D eigenvalue weighted by Gasteiger charge is 2.04. The number of nitriles is 1. The summed E-state index contributed by atoms with van der Waals surface area (Å²) < 4.78 is 1.71. The summed E-state index contributed by atoms with van der Waals surface area (Å²) >= 11 is 0. The Labute approximate surface area is 71.6 Å². The van der Waals surface area contributed by atoms with Gasteiger partial charge in [-0.05, 0) is 5.92 Å². The fraction of sp³-hybridized carbons (Fsp3) is 0.500. The van der Waals surface area contributed by atoms with Crippen molar-refractivity contribution >= 4 is 5.69 Å². The summed E-state index contributed by atoms with van der Waals surface area (Å²) in [6.45, 7) is 4.97. The van der Waals surface area contributed by atoms with Crippen molar-refractivity contribution in [2.45, 2.75) is 20.4 Å². The lowest BCUT2D eigenvalue weighted by atomic mass is 10.2. The largest absolute Gasteiger partial charge is 0.395 e. The van der Waals surface area contributed by atoms with E-state index >= 15 is 0 Å². The second kappa shape index (κ2) is 3.26. The van der Waals surface area contributed by atoms with E-state index < -0.39 is 0 Å². The Bertz CT molecular complexity index is 305. The second-order valence-corrected chi connectivity index (χ2v) is 3.16. The molecule has 0 aliphatic heterocycles. The fourth-order valence-electron chi connectivity index (χ4n) is 0.991. The summed E-state index contributed by atoms with van der Waals surface area (Å²) in [5.74, 6) is 0.510. The third-order valence-electron chi connectivity index (χ3n) is 1.45. The van der Waals surface area contributed by atoms with E-state index in [9.17, 15) is 0 Å². The molecule has 1 aromatic heterocycles. The molecule has 0 saturated heterocycles. The maximum absolute atomic E-state index is 8.56. The zero-order valence-corrected chi connectivity index (χ0v) is 7.28. The molecule has 0 unspecified atom stereocenters. The molecule has 1 rings (SSSR count). The minimum atomic E-state index is 0.315. The van der Waals surface area contributed by atoms with Crippen LogP contribution in [-0.2, 0) is 6.54 Å². The fourth-order valence-corrected chi connectivity index (χ4v) is 0.991. The topological polar surface area (TPSA) is 67.6 Å². The molecule has 0 saturated carbocycles. The maximum Gasteiger partial charge on any atom is 0.185 e. The standard InChI is InChI=1S/C8H12N4/c1-6(2)4-12-5-7(10)8(3-9)11-12/h5-6H,4,10H2,1-2H3. The van der Waals surface area contributed by atoms with Crippen molar-refractivity contribution in [2.75, 3.05) is 5.73 Å². The van der Waals surface area contributed by atoms with Gasteiger partial charge in [0.2, 0.25) is 0 Å². The van der Waals surface area contributed by atoms with Gasteiger partial charge in [-0.2, -0.15) is 10.4 Å². The van der Waals surface area contributed by atoms with Crippen LogP contribution in [0.2, 0.25) is 0 Å². The predicted octanol–water partition coefficient (Wildman–Crippen LogP) is 0.993. The number of hydrogen-bond acceptors (Lipinski definition) is 3. The normalized spacial score (nSPS) is 10.2. The minimum Gasteiger partial charge on any atom is -0.395 e. The van der Waals surface area contributed by atoms with E-state index in [-0.39, 0.29) is 0 Å². The summed E-state index contributed by atoms with van der Waals surface area (Å²) in [6, 6.07) is 1.93. The smallest absolute Gasteiger partial charge is 0.185 e. The van der Waals surface area contributed by atoms with E-state index in [1.54, 1.807) is 10.9 Å². The summed E-state index contributed by atoms with van der Waals surface area (Å²) in [7, 11) is 0. The Balaban J connectivity index is 2.84. The second-order valence-electron chi connectivity index (χ2n) is 3.16. The van der Waals surface area contributed by atoms with Crippen molar-refractivity contribution < 1.29 is 0 Å². The predicted molar refractivity (Wildman–Crippen MR) is 46.2 cm³/mol. The van der Waals surface area contributed by atoms with Crippen LogP contribution in [0.5, 0.6) is 0 Å². The molecular formula is C8H12N4. The molecule has 0 amide bonds. The molecule has 0 spiro atoms. The molecule has 0 radical (unpaired) electrons. The molecule has 4 nitrogen and oxygen atoms in total. The number of anilines is 1. The number of nitrogen functional groups attached to an aromatic ring is 1. The lowest BCUT2D eigenvalue weighted by molar-refractivity contribution is 0.482. The molecule has 2 N–H and O–H groups in total. The van der Waals surface area contributed by atoms with Crippen LogP contribution in [-0.4, -0.2) is 9.78 Å². The van der Waals surface area contributed by atoms with Gasteiger partial charge >= 0.3 is 0 Å². The Kier molecular flexibility index (Phi) is 2.34. The Morgan fingerprint density at radius 3 is 2.83 bits per heavy atom. The zero-order valence-electron chi connectivity index (χ0n) is 7.28. The van der Waals surface area contributed by atoms with E-state index in [2.05, 4.69) is 18.9 Å². The highest BCUT2D eigenvalue weighted by Crippen LogP contribution is 2.08. The molecule has 0 aromatic carbocycles. The lowest BCUT2D eigenvalue weighted by Gasteiger charge is -2.02. The first kappa shape index (κ1) is 8.60. The molecule has 0 aliphatic carbocycles. The summed E-state index contributed by atoms with van der Waals surface area (Å²) in [5, 5.41) is 12.6. The molecule has 1 aromatic rings. The van der Waals surface area contributed by atoms with Crippen LogP contribution in [0.3, 0.4) is 0 Å². The average molecular weight is 164 g/mol. The third-order valence-corrected chi connectivity index (χ3v) is 1.45. The first-order valence-corrected chi connectivity index (χ1v) is 3.86. The van der Waals surface area contributed by atoms with Gasteiger partial charge in [0, 0.05) is 12.7 Å². The third kappa shape index (κ3) is 1.76. The first-order valence-electron chi connectivity index (χ1n) is 3.86. The van der Waals surface area contributed by atoms with Crippen molar-refractivity contribution in [1.82, 2.24) is 9.78 Å². The molecular weight excluding hydrogens is 152 g/mol. The van der Waals surface area contributed by atoms with Crippen LogP contribution < -0.4 is 5.73 Å². The van der Waals surface area contributed by atoms with Gasteiger partial charge in [-0.25, -0.2) is 0 Å². The molecule has 0 aliphatic rings. The van der Waals surface area contributed by atoms with Gasteiger partial charge in [0.1, 0.15) is 6.07 Å². The number of hydrogen-bond donors (Lipinski definition) is 1. The van der Waals surface area contributed by atoms with E-state index in [0.717, 1.165) is 6.54 Å². The van der Waals surface area contributed by atoms with Crippen molar-refractivity contribution in [3.8, 4) is 6.07 Å². The molecule has 0 bridgehead atoms. The van der Waals surface area contributed by atoms with E-state index in [0.29, 0.717) is 17.3 Å². The Morgan fingerprint density at radius 2 is 2.42 bits per heavy atom. The quantitative estimate of drug-likeness (QED) is 0.708. The van der Waals surface area contributed by atoms with Crippen molar-refractivity contribution in [2.24, 2.45) is 5.92 Å². The number of aromatic nitrogens is 2. The van der Waals surface area contributed by atoms with Crippen molar-refractivity contribution in [1.29, 1.82) is 5.26 Å². The number of nitrogens with two attached hydrogens (primary N) is 1.